The first kappa shape index (κ1) is 18.0. The Labute approximate surface area is 148 Å². The molecule has 0 unspecified atom stereocenters. The molecule has 2 rings (SSSR count). The fraction of sp³-hybridized carbons (Fsp3) is 0.353. The summed E-state index contributed by atoms with van der Waals surface area (Å²) < 4.78 is 11.3. The van der Waals surface area contributed by atoms with E-state index >= 15 is 0 Å². The first-order valence-corrected chi connectivity index (χ1v) is 8.90. The van der Waals surface area contributed by atoms with Crippen LogP contribution in [0.3, 0.4) is 0 Å². The first-order valence-electron chi connectivity index (χ1n) is 7.23. The molecule has 0 radical (unpaired) electrons. The topological polar surface area (TPSA) is 47.6 Å². The van der Waals surface area contributed by atoms with E-state index in [0.717, 1.165) is 34.4 Å². The lowest BCUT2D eigenvalue weighted by molar-refractivity contribution is -0.142. The number of methoxy groups -OCH3 is 1. The number of carbonyl (C=O) groups excluding carboxylic acids is 1. The summed E-state index contributed by atoms with van der Waals surface area (Å²) in [5.41, 5.74) is 3.23. The monoisotopic (exact) mass is 397 g/mol. The van der Waals surface area contributed by atoms with Crippen molar-refractivity contribution in [2.75, 3.05) is 13.7 Å². The lowest BCUT2D eigenvalue weighted by Crippen LogP contribution is -2.15. The number of ether oxygens (including phenoxy) is 2. The van der Waals surface area contributed by atoms with E-state index in [2.05, 4.69) is 49.6 Å². The van der Waals surface area contributed by atoms with Crippen molar-refractivity contribution in [2.24, 2.45) is 0 Å². The minimum atomic E-state index is -0.378. The number of halogens is 1. The molecule has 2 aromatic rings. The molecular weight excluding hydrogens is 378 g/mol. The molecule has 4 nitrogen and oxygen atoms in total. The van der Waals surface area contributed by atoms with E-state index in [1.54, 1.807) is 11.3 Å². The number of esters is 1. The fourth-order valence-electron chi connectivity index (χ4n) is 2.34. The van der Waals surface area contributed by atoms with Gasteiger partial charge >= 0.3 is 5.97 Å². The molecule has 0 saturated heterocycles. The van der Waals surface area contributed by atoms with Gasteiger partial charge in [-0.3, -0.25) is 0 Å². The summed E-state index contributed by atoms with van der Waals surface area (Å²) in [5, 5.41) is 5.52. The largest absolute Gasteiger partial charge is 0.481 e. The smallest absolute Gasteiger partial charge is 0.343 e. The molecule has 1 N–H and O–H groups in total. The van der Waals surface area contributed by atoms with Gasteiger partial charge in [-0.25, -0.2) is 4.79 Å². The molecule has 0 fully saturated rings. The van der Waals surface area contributed by atoms with Crippen molar-refractivity contribution in [3.05, 3.63) is 49.6 Å². The van der Waals surface area contributed by atoms with Crippen molar-refractivity contribution in [2.45, 2.75) is 26.9 Å². The number of benzene rings is 1. The van der Waals surface area contributed by atoms with Crippen molar-refractivity contribution in [3.63, 3.8) is 0 Å². The van der Waals surface area contributed by atoms with Crippen LogP contribution in [0.25, 0.3) is 0 Å². The summed E-state index contributed by atoms with van der Waals surface area (Å²) in [5.74, 6) is 0.373. The van der Waals surface area contributed by atoms with Gasteiger partial charge in [0.2, 0.25) is 0 Å². The summed E-state index contributed by atoms with van der Waals surface area (Å²) >= 11 is 5.19. The molecule has 124 valence electrons. The quantitative estimate of drug-likeness (QED) is 0.717. The minimum absolute atomic E-state index is 0.0664. The Morgan fingerprint density at radius 1 is 1.22 bits per heavy atom. The van der Waals surface area contributed by atoms with Crippen molar-refractivity contribution in [1.82, 2.24) is 5.32 Å². The minimum Gasteiger partial charge on any atom is -0.481 e. The molecule has 0 atom stereocenters. The second-order valence-electron chi connectivity index (χ2n) is 5.26. The Hall–Kier alpha value is -1.37. The lowest BCUT2D eigenvalue weighted by atomic mass is 10.1. The highest BCUT2D eigenvalue weighted by Gasteiger charge is 2.09. The average Bonchev–Trinajstić information content (AvgIpc) is 2.91. The molecule has 23 heavy (non-hydrogen) atoms. The van der Waals surface area contributed by atoms with Crippen molar-refractivity contribution < 1.29 is 14.3 Å². The third-order valence-electron chi connectivity index (χ3n) is 3.33. The maximum Gasteiger partial charge on any atom is 0.343 e. The molecule has 0 aliphatic carbocycles. The van der Waals surface area contributed by atoms with Crippen molar-refractivity contribution in [3.8, 4) is 5.75 Å². The van der Waals surface area contributed by atoms with Gasteiger partial charge < -0.3 is 14.8 Å². The van der Waals surface area contributed by atoms with Crippen LogP contribution in [0.15, 0.2) is 28.1 Å². The highest BCUT2D eigenvalue weighted by atomic mass is 79.9. The van der Waals surface area contributed by atoms with Gasteiger partial charge in [0.05, 0.1) is 7.11 Å². The van der Waals surface area contributed by atoms with Gasteiger partial charge in [-0.15, -0.1) is 11.3 Å². The molecule has 1 heterocycles. The van der Waals surface area contributed by atoms with Gasteiger partial charge in [0, 0.05) is 27.8 Å². The van der Waals surface area contributed by atoms with Crippen LogP contribution in [0, 0.1) is 13.8 Å². The summed E-state index contributed by atoms with van der Waals surface area (Å²) in [6, 6.07) is 6.28. The van der Waals surface area contributed by atoms with E-state index in [1.165, 1.54) is 17.6 Å². The fourth-order valence-corrected chi connectivity index (χ4v) is 3.76. The first-order chi connectivity index (χ1) is 11.0. The zero-order valence-corrected chi connectivity index (χ0v) is 15.8. The van der Waals surface area contributed by atoms with E-state index in [4.69, 9.17) is 4.74 Å². The lowest BCUT2D eigenvalue weighted by Gasteiger charge is -2.13. The summed E-state index contributed by atoms with van der Waals surface area (Å²) in [4.78, 5) is 12.5. The third kappa shape index (κ3) is 5.34. The molecule has 0 saturated carbocycles. The van der Waals surface area contributed by atoms with Gasteiger partial charge in [-0.05, 0) is 52.5 Å². The molecule has 0 amide bonds. The molecule has 0 aliphatic heterocycles. The number of carbonyl (C=O) groups is 1. The predicted octanol–water partition coefficient (Wildman–Crippen LogP) is 3.97. The molecule has 0 aliphatic rings. The van der Waals surface area contributed by atoms with Gasteiger partial charge in [-0.1, -0.05) is 12.1 Å². The van der Waals surface area contributed by atoms with Crippen LogP contribution < -0.4 is 10.1 Å². The summed E-state index contributed by atoms with van der Waals surface area (Å²) in [6.45, 7) is 5.53. The van der Waals surface area contributed by atoms with Crippen LogP contribution >= 0.6 is 27.3 Å². The average molecular weight is 398 g/mol. The zero-order valence-electron chi connectivity index (χ0n) is 13.4. The SMILES string of the molecule is COC(=O)COc1c(C)cc(CNCc2cc(Br)cs2)cc1C. The van der Waals surface area contributed by atoms with E-state index in [1.807, 2.05) is 13.8 Å². The number of hydrogen-bond donors (Lipinski definition) is 1. The summed E-state index contributed by atoms with van der Waals surface area (Å²) in [7, 11) is 1.35. The second-order valence-corrected chi connectivity index (χ2v) is 7.17. The summed E-state index contributed by atoms with van der Waals surface area (Å²) in [6.07, 6.45) is 0. The Morgan fingerprint density at radius 2 is 1.91 bits per heavy atom. The number of rotatable bonds is 7. The maximum absolute atomic E-state index is 11.2. The highest BCUT2D eigenvalue weighted by Crippen LogP contribution is 2.25. The highest BCUT2D eigenvalue weighted by molar-refractivity contribution is 9.10. The van der Waals surface area contributed by atoms with Crippen LogP contribution in [0.2, 0.25) is 0 Å². The standard InChI is InChI=1S/C17H20BrNO3S/c1-11-4-13(7-19-8-15-6-14(18)10-23-15)5-12(2)17(11)22-9-16(20)21-3/h4-6,10,19H,7-9H2,1-3H3. The van der Waals surface area contributed by atoms with E-state index in [-0.39, 0.29) is 12.6 Å². The zero-order chi connectivity index (χ0) is 16.8. The van der Waals surface area contributed by atoms with Crippen LogP contribution in [-0.4, -0.2) is 19.7 Å². The number of nitrogens with one attached hydrogen (secondary N) is 1. The van der Waals surface area contributed by atoms with Crippen molar-refractivity contribution in [1.29, 1.82) is 0 Å². The predicted molar refractivity (Wildman–Crippen MR) is 96.0 cm³/mol. The van der Waals surface area contributed by atoms with Crippen LogP contribution in [0.5, 0.6) is 5.75 Å². The molecule has 0 spiro atoms. The van der Waals surface area contributed by atoms with E-state index < -0.39 is 0 Å². The normalized spacial score (nSPS) is 10.6. The van der Waals surface area contributed by atoms with Gasteiger partial charge in [0.15, 0.2) is 6.61 Å². The maximum atomic E-state index is 11.2. The van der Waals surface area contributed by atoms with Gasteiger partial charge in [0.25, 0.3) is 0 Å². The molecule has 1 aromatic carbocycles. The van der Waals surface area contributed by atoms with Gasteiger partial charge in [0.1, 0.15) is 5.75 Å². The molecule has 6 heteroatoms. The van der Waals surface area contributed by atoms with E-state index in [0.29, 0.717) is 0 Å². The van der Waals surface area contributed by atoms with Crippen LogP contribution in [-0.2, 0) is 22.6 Å². The van der Waals surface area contributed by atoms with Gasteiger partial charge in [-0.2, -0.15) is 0 Å². The molecular formula is C17H20BrNO3S. The Bertz CT molecular complexity index is 661. The Kier molecular flexibility index (Phi) is 6.62. The molecule has 0 bridgehead atoms. The van der Waals surface area contributed by atoms with Crippen LogP contribution in [0.1, 0.15) is 21.6 Å². The number of aryl methyl sites for hydroxylation is 2. The molecule has 1 aromatic heterocycles. The van der Waals surface area contributed by atoms with Crippen LogP contribution in [0.4, 0.5) is 0 Å². The third-order valence-corrected chi connectivity index (χ3v) is 5.03. The van der Waals surface area contributed by atoms with Crippen molar-refractivity contribution >= 4 is 33.2 Å². The Morgan fingerprint density at radius 3 is 2.48 bits per heavy atom. The number of thiophene rings is 1. The second kappa shape index (κ2) is 8.47. The Balaban J connectivity index is 1.94. The van der Waals surface area contributed by atoms with E-state index in [9.17, 15) is 4.79 Å². The number of hydrogen-bond acceptors (Lipinski definition) is 5.